The number of likely N-dealkylation sites (N-methyl/N-ethyl adjacent to an activating group) is 1. The van der Waals surface area contributed by atoms with Gasteiger partial charge in [-0.2, -0.15) is 0 Å². The topological polar surface area (TPSA) is 79.2 Å². The van der Waals surface area contributed by atoms with Crippen LogP contribution in [0.1, 0.15) is 30.9 Å². The van der Waals surface area contributed by atoms with Crippen LogP contribution >= 0.6 is 0 Å². The lowest BCUT2D eigenvalue weighted by Crippen LogP contribution is -2.78. The number of likely N-dealkylation sites (tertiary alicyclic amines) is 1. The van der Waals surface area contributed by atoms with Gasteiger partial charge in [0.2, 0.25) is 0 Å². The van der Waals surface area contributed by atoms with Gasteiger partial charge in [-0.15, -0.1) is 0 Å². The largest absolute Gasteiger partial charge is 0.493 e. The summed E-state index contributed by atoms with van der Waals surface area (Å²) in [7, 11) is 3.50. The van der Waals surface area contributed by atoms with Crippen molar-refractivity contribution in [3.05, 3.63) is 23.3 Å². The molecule has 1 saturated carbocycles. The Morgan fingerprint density at radius 1 is 1.40 bits per heavy atom. The Morgan fingerprint density at radius 3 is 2.80 bits per heavy atom. The molecule has 0 radical (unpaired) electrons. The van der Waals surface area contributed by atoms with Gasteiger partial charge < -0.3 is 24.6 Å². The molecule has 1 aliphatic carbocycles. The summed E-state index contributed by atoms with van der Waals surface area (Å²) in [6.45, 7) is 4.57. The molecule has 136 valence electrons. The van der Waals surface area contributed by atoms with Crippen molar-refractivity contribution in [1.29, 1.82) is 0 Å². The highest BCUT2D eigenvalue weighted by Gasteiger charge is 2.73. The molecule has 5 atom stereocenters. The average molecular weight is 347 g/mol. The fraction of sp³-hybridized carbons (Fsp3) is 0.632. The van der Waals surface area contributed by atoms with Crippen molar-refractivity contribution in [2.24, 2.45) is 0 Å². The monoisotopic (exact) mass is 347 g/mol. The summed E-state index contributed by atoms with van der Waals surface area (Å²) in [4.78, 5) is 14.8. The maximum absolute atomic E-state index is 12.8. The minimum atomic E-state index is -1.47. The highest BCUT2D eigenvalue weighted by atomic mass is 16.5. The lowest BCUT2D eigenvalue weighted by atomic mass is 9.51. The van der Waals surface area contributed by atoms with E-state index in [2.05, 4.69) is 0 Å². The Balaban J connectivity index is 2.04. The zero-order valence-corrected chi connectivity index (χ0v) is 15.1. The highest BCUT2D eigenvalue weighted by Crippen LogP contribution is 2.61. The van der Waals surface area contributed by atoms with Crippen LogP contribution in [0.5, 0.6) is 11.5 Å². The van der Waals surface area contributed by atoms with Gasteiger partial charge in [0.25, 0.3) is 0 Å². The molecule has 1 aromatic rings. The number of Topliss-reactive ketones (excluding diaryl/α,β-unsaturated/α-hetero) is 1. The van der Waals surface area contributed by atoms with Gasteiger partial charge in [0.05, 0.1) is 18.6 Å². The van der Waals surface area contributed by atoms with Crippen LogP contribution in [0.2, 0.25) is 0 Å². The Hall–Kier alpha value is -1.63. The Labute approximate surface area is 147 Å². The molecular formula is C19H25NO5. The van der Waals surface area contributed by atoms with E-state index in [0.29, 0.717) is 24.5 Å². The molecule has 3 aliphatic rings. The number of methoxy groups -OCH3 is 1. The number of fused-ring (bicyclic) bond motifs is 1. The smallest absolute Gasteiger partial charge is 0.177 e. The van der Waals surface area contributed by atoms with Crippen molar-refractivity contribution in [1.82, 2.24) is 4.90 Å². The number of benzene rings is 1. The van der Waals surface area contributed by atoms with E-state index in [-0.39, 0.29) is 18.2 Å². The summed E-state index contributed by atoms with van der Waals surface area (Å²) in [5.74, 6) is 0.928. The summed E-state index contributed by atoms with van der Waals surface area (Å²) in [5.41, 5.74) is -0.676. The molecular weight excluding hydrogens is 322 g/mol. The number of rotatable bonds is 1. The van der Waals surface area contributed by atoms with Crippen molar-refractivity contribution in [3.8, 4) is 11.5 Å². The molecule has 1 saturated heterocycles. The number of carbonyl (C=O) groups is 1. The van der Waals surface area contributed by atoms with Crippen LogP contribution in [0.4, 0.5) is 0 Å². The number of nitrogens with zero attached hydrogens (tertiary/aromatic N) is 1. The third-order valence-corrected chi connectivity index (χ3v) is 6.75. The minimum Gasteiger partial charge on any atom is -0.493 e. The van der Waals surface area contributed by atoms with Crippen molar-refractivity contribution < 1.29 is 24.5 Å². The van der Waals surface area contributed by atoms with E-state index in [1.165, 1.54) is 0 Å². The second kappa shape index (κ2) is 5.19. The van der Waals surface area contributed by atoms with Gasteiger partial charge in [0.15, 0.2) is 23.4 Å². The third kappa shape index (κ3) is 1.77. The zero-order chi connectivity index (χ0) is 18.1. The summed E-state index contributed by atoms with van der Waals surface area (Å²) in [6.07, 6.45) is -1.48. The van der Waals surface area contributed by atoms with E-state index in [0.717, 1.165) is 11.1 Å². The van der Waals surface area contributed by atoms with E-state index < -0.39 is 23.2 Å². The number of aryl methyl sites for hydroxylation is 1. The zero-order valence-electron chi connectivity index (χ0n) is 15.1. The first-order valence-electron chi connectivity index (χ1n) is 8.77. The van der Waals surface area contributed by atoms with Gasteiger partial charge in [0, 0.05) is 18.0 Å². The quantitative estimate of drug-likeness (QED) is 0.782. The van der Waals surface area contributed by atoms with Crippen molar-refractivity contribution >= 4 is 5.78 Å². The van der Waals surface area contributed by atoms with Crippen LogP contribution in [0.3, 0.4) is 0 Å². The maximum atomic E-state index is 12.8. The van der Waals surface area contributed by atoms with Crippen molar-refractivity contribution in [3.63, 3.8) is 0 Å². The van der Waals surface area contributed by atoms with Crippen LogP contribution in [0, 0.1) is 6.92 Å². The lowest BCUT2D eigenvalue weighted by molar-refractivity contribution is -0.219. The van der Waals surface area contributed by atoms with Gasteiger partial charge in [-0.05, 0) is 45.5 Å². The molecule has 2 N–H and O–H groups in total. The summed E-state index contributed by atoms with van der Waals surface area (Å²) in [6, 6.07) is 3.43. The SMILES string of the molecule is COc1ccc(C)c2c1O[C@H]1C(=O)C[C@H](O)[C@@]3(O)[C@@H](C)N(C)CC[C@]213. The Kier molecular flexibility index (Phi) is 3.49. The molecule has 2 aliphatic heterocycles. The molecule has 0 aromatic heterocycles. The van der Waals surface area contributed by atoms with Crippen LogP contribution in [-0.2, 0) is 10.2 Å². The summed E-state index contributed by atoms with van der Waals surface area (Å²) >= 11 is 0. The molecule has 0 bridgehead atoms. The lowest BCUT2D eigenvalue weighted by Gasteiger charge is -2.60. The van der Waals surface area contributed by atoms with E-state index >= 15 is 0 Å². The molecule has 1 spiro atoms. The second-order valence-corrected chi connectivity index (χ2v) is 7.68. The number of hydrogen-bond donors (Lipinski definition) is 2. The molecule has 0 amide bonds. The fourth-order valence-corrected chi connectivity index (χ4v) is 5.33. The molecule has 6 nitrogen and oxygen atoms in total. The number of ether oxygens (including phenoxy) is 2. The average Bonchev–Trinajstić information content (AvgIpc) is 2.94. The van der Waals surface area contributed by atoms with Crippen molar-refractivity contribution in [2.75, 3.05) is 20.7 Å². The Bertz CT molecular complexity index is 750. The Morgan fingerprint density at radius 2 is 2.12 bits per heavy atom. The molecule has 2 heterocycles. The number of ketones is 1. The predicted molar refractivity (Wildman–Crippen MR) is 91.1 cm³/mol. The number of carbonyl (C=O) groups excluding carboxylic acids is 1. The van der Waals surface area contributed by atoms with Gasteiger partial charge in [-0.1, -0.05) is 6.07 Å². The van der Waals surface area contributed by atoms with Gasteiger partial charge >= 0.3 is 0 Å². The number of hydrogen-bond acceptors (Lipinski definition) is 6. The normalized spacial score (nSPS) is 40.1. The molecule has 4 rings (SSSR count). The van der Waals surface area contributed by atoms with E-state index in [4.69, 9.17) is 9.47 Å². The van der Waals surface area contributed by atoms with Crippen LogP contribution in [0.25, 0.3) is 0 Å². The van der Waals surface area contributed by atoms with Gasteiger partial charge in [-0.25, -0.2) is 0 Å². The molecule has 2 fully saturated rings. The number of aliphatic hydroxyl groups is 2. The number of piperidine rings is 1. The fourth-order valence-electron chi connectivity index (χ4n) is 5.33. The highest BCUT2D eigenvalue weighted by molar-refractivity contribution is 5.90. The first kappa shape index (κ1) is 16.8. The van der Waals surface area contributed by atoms with Crippen LogP contribution < -0.4 is 9.47 Å². The van der Waals surface area contributed by atoms with Crippen molar-refractivity contribution in [2.45, 2.75) is 56.0 Å². The summed E-state index contributed by atoms with van der Waals surface area (Å²) in [5, 5.41) is 22.7. The van der Waals surface area contributed by atoms with E-state index in [9.17, 15) is 15.0 Å². The molecule has 0 unspecified atom stereocenters. The standard InChI is InChI=1S/C19H25NO5/c1-10-5-6-13(24-4)16-15(10)18-7-8-20(3)11(2)19(18,23)14(22)9-12(21)17(18)25-16/h5-6,11,14,17,22-23H,7-9H2,1-4H3/t11-,14+,17+,18+,19+/m1/s1. The predicted octanol–water partition coefficient (Wildman–Crippen LogP) is 0.791. The van der Waals surface area contributed by atoms with E-state index in [1.807, 2.05) is 37.9 Å². The first-order chi connectivity index (χ1) is 11.8. The minimum absolute atomic E-state index is 0.101. The second-order valence-electron chi connectivity index (χ2n) is 7.68. The van der Waals surface area contributed by atoms with E-state index in [1.54, 1.807) is 7.11 Å². The maximum Gasteiger partial charge on any atom is 0.177 e. The number of aliphatic hydroxyl groups excluding tert-OH is 1. The summed E-state index contributed by atoms with van der Waals surface area (Å²) < 4.78 is 11.6. The molecule has 25 heavy (non-hydrogen) atoms. The van der Waals surface area contributed by atoms with Gasteiger partial charge in [-0.3, -0.25) is 4.79 Å². The van der Waals surface area contributed by atoms with Gasteiger partial charge in [0.1, 0.15) is 5.60 Å². The van der Waals surface area contributed by atoms with Crippen LogP contribution in [-0.4, -0.2) is 65.4 Å². The third-order valence-electron chi connectivity index (χ3n) is 6.75. The van der Waals surface area contributed by atoms with Crippen LogP contribution in [0.15, 0.2) is 12.1 Å². The molecule has 1 aromatic carbocycles. The first-order valence-corrected chi connectivity index (χ1v) is 8.77. The molecule has 6 heteroatoms.